The maximum absolute atomic E-state index is 5.89. The van der Waals surface area contributed by atoms with Gasteiger partial charge in [0.1, 0.15) is 11.5 Å². The van der Waals surface area contributed by atoms with Crippen molar-refractivity contribution in [1.82, 2.24) is 19.9 Å². The van der Waals surface area contributed by atoms with E-state index < -0.39 is 0 Å². The van der Waals surface area contributed by atoms with Gasteiger partial charge in [-0.1, -0.05) is 84.5 Å². The maximum atomic E-state index is 5.89. The summed E-state index contributed by atoms with van der Waals surface area (Å²) < 4.78 is 11.6. The van der Waals surface area contributed by atoms with E-state index in [2.05, 4.69) is 40.2 Å². The average Bonchev–Trinajstić information content (AvgIpc) is 2.90. The minimum Gasteiger partial charge on any atom is -0.478 e. The summed E-state index contributed by atoms with van der Waals surface area (Å²) in [5.74, 6) is 2.35. The molecule has 0 fully saturated rings. The van der Waals surface area contributed by atoms with Crippen molar-refractivity contribution in [3.8, 4) is 11.8 Å². The van der Waals surface area contributed by atoms with Gasteiger partial charge in [0.15, 0.2) is 0 Å². The van der Waals surface area contributed by atoms with Gasteiger partial charge in [0.05, 0.1) is 13.2 Å². The van der Waals surface area contributed by atoms with Gasteiger partial charge < -0.3 is 9.47 Å². The second kappa shape index (κ2) is 20.9. The van der Waals surface area contributed by atoms with E-state index in [0.717, 1.165) is 69.1 Å². The highest BCUT2D eigenvalue weighted by Gasteiger charge is 2.06. The van der Waals surface area contributed by atoms with Crippen molar-refractivity contribution in [2.45, 2.75) is 123 Å². The van der Waals surface area contributed by atoms with E-state index in [1.807, 2.05) is 12.3 Å². The molecule has 2 aromatic heterocycles. The molecular formula is C30H49N4O2. The Bertz CT molecular complexity index is 787. The van der Waals surface area contributed by atoms with Gasteiger partial charge in [-0.3, -0.25) is 4.98 Å². The molecule has 2 heterocycles. The zero-order valence-corrected chi connectivity index (χ0v) is 22.9. The van der Waals surface area contributed by atoms with Crippen molar-refractivity contribution < 1.29 is 9.47 Å². The highest BCUT2D eigenvalue weighted by atomic mass is 16.5. The third kappa shape index (κ3) is 14.4. The lowest BCUT2D eigenvalue weighted by atomic mass is 10.0. The fourth-order valence-electron chi connectivity index (χ4n) is 4.10. The van der Waals surface area contributed by atoms with Gasteiger partial charge in [0.25, 0.3) is 0 Å². The summed E-state index contributed by atoms with van der Waals surface area (Å²) in [7, 11) is 0. The van der Waals surface area contributed by atoms with Crippen LogP contribution in [0.5, 0.6) is 11.8 Å². The van der Waals surface area contributed by atoms with Gasteiger partial charge in [-0.05, 0) is 38.5 Å². The molecular weight excluding hydrogens is 448 g/mol. The van der Waals surface area contributed by atoms with Crippen LogP contribution in [0.1, 0.15) is 122 Å². The summed E-state index contributed by atoms with van der Waals surface area (Å²) in [6.07, 6.45) is 27.6. The predicted molar refractivity (Wildman–Crippen MR) is 147 cm³/mol. The number of hydrogen-bond donors (Lipinski definition) is 0. The highest BCUT2D eigenvalue weighted by Crippen LogP contribution is 2.17. The van der Waals surface area contributed by atoms with Gasteiger partial charge in [0.2, 0.25) is 11.8 Å². The fraction of sp³-hybridized carbons (Fsp3) is 0.700. The molecule has 0 aromatic carbocycles. The Morgan fingerprint density at radius 2 is 1.31 bits per heavy atom. The van der Waals surface area contributed by atoms with E-state index in [4.69, 9.17) is 9.47 Å². The van der Waals surface area contributed by atoms with Crippen molar-refractivity contribution in [3.63, 3.8) is 0 Å². The standard InChI is InChI=1S/C30H49N4O2/c1-3-5-7-18-26-36-30-27(31-23-24-33-30)19-15-13-11-9-8-10-12-14-16-20-28-32-22-21-29(34-28)35-25-17-6-4-2/h10,21-24H,3-9,11-20,25-26H2,1-2H3. The zero-order chi connectivity index (χ0) is 25.5. The van der Waals surface area contributed by atoms with Crippen LogP contribution in [0.3, 0.4) is 0 Å². The minimum atomic E-state index is 0.716. The monoisotopic (exact) mass is 497 g/mol. The molecule has 0 amide bonds. The van der Waals surface area contributed by atoms with Crippen molar-refractivity contribution in [1.29, 1.82) is 0 Å². The molecule has 1 radical (unpaired) electrons. The number of unbranched alkanes of at least 4 members (excludes halogenated alkanes) is 13. The molecule has 2 rings (SSSR count). The molecule has 36 heavy (non-hydrogen) atoms. The van der Waals surface area contributed by atoms with Gasteiger partial charge in [-0.25, -0.2) is 9.97 Å². The van der Waals surface area contributed by atoms with Crippen LogP contribution in [0.2, 0.25) is 0 Å². The first-order valence-corrected chi connectivity index (χ1v) is 14.5. The Morgan fingerprint density at radius 1 is 0.639 bits per heavy atom. The Labute approximate surface area is 220 Å². The molecule has 0 saturated heterocycles. The number of aromatic nitrogens is 4. The summed E-state index contributed by atoms with van der Waals surface area (Å²) in [6, 6.07) is 1.86. The van der Waals surface area contributed by atoms with Crippen molar-refractivity contribution in [3.05, 3.63) is 42.6 Å². The summed E-state index contributed by atoms with van der Waals surface area (Å²) in [4.78, 5) is 17.8. The largest absolute Gasteiger partial charge is 0.478 e. The first kappa shape index (κ1) is 30.0. The number of ether oxygens (including phenoxy) is 2. The second-order valence-corrected chi connectivity index (χ2v) is 9.57. The molecule has 0 aliphatic heterocycles. The Kier molecular flexibility index (Phi) is 17.4. The van der Waals surface area contributed by atoms with Crippen LogP contribution >= 0.6 is 0 Å². The summed E-state index contributed by atoms with van der Waals surface area (Å²) in [5.41, 5.74) is 1.01. The maximum Gasteiger partial charge on any atom is 0.235 e. The lowest BCUT2D eigenvalue weighted by Crippen LogP contribution is -2.04. The van der Waals surface area contributed by atoms with Gasteiger partial charge >= 0.3 is 0 Å². The minimum absolute atomic E-state index is 0.716. The van der Waals surface area contributed by atoms with Crippen LogP contribution in [-0.2, 0) is 12.8 Å². The molecule has 6 nitrogen and oxygen atoms in total. The average molecular weight is 498 g/mol. The lowest BCUT2D eigenvalue weighted by molar-refractivity contribution is 0.288. The Balaban J connectivity index is 1.45. The number of aryl methyl sites for hydroxylation is 2. The molecule has 0 aliphatic carbocycles. The normalized spacial score (nSPS) is 11.1. The number of hydrogen-bond acceptors (Lipinski definition) is 6. The van der Waals surface area contributed by atoms with E-state index >= 15 is 0 Å². The topological polar surface area (TPSA) is 70.0 Å². The van der Waals surface area contributed by atoms with Gasteiger partial charge in [-0.2, -0.15) is 4.98 Å². The molecule has 0 spiro atoms. The number of nitrogens with zero attached hydrogens (tertiary/aromatic N) is 4. The van der Waals surface area contributed by atoms with E-state index in [1.54, 1.807) is 12.4 Å². The molecule has 6 heteroatoms. The molecule has 0 atom stereocenters. The van der Waals surface area contributed by atoms with Crippen LogP contribution in [0.15, 0.2) is 24.7 Å². The van der Waals surface area contributed by atoms with Crippen LogP contribution in [0.25, 0.3) is 0 Å². The van der Waals surface area contributed by atoms with Gasteiger partial charge in [0, 0.05) is 31.1 Å². The molecule has 0 bridgehead atoms. The van der Waals surface area contributed by atoms with E-state index in [1.165, 1.54) is 70.6 Å². The van der Waals surface area contributed by atoms with Crippen LogP contribution in [-0.4, -0.2) is 33.1 Å². The SMILES string of the molecule is CCCCCCOc1nccnc1CCCCCC[CH]CCCCc1nccc(OCCCCC)n1. The molecule has 0 N–H and O–H groups in total. The lowest BCUT2D eigenvalue weighted by Gasteiger charge is -2.09. The summed E-state index contributed by atoms with van der Waals surface area (Å²) in [6.45, 7) is 5.91. The van der Waals surface area contributed by atoms with Crippen molar-refractivity contribution in [2.24, 2.45) is 0 Å². The highest BCUT2D eigenvalue weighted by molar-refractivity contribution is 5.17. The van der Waals surface area contributed by atoms with Crippen LogP contribution in [0.4, 0.5) is 0 Å². The number of rotatable bonds is 23. The Hall–Kier alpha value is -2.24. The van der Waals surface area contributed by atoms with E-state index in [0.29, 0.717) is 5.88 Å². The first-order valence-electron chi connectivity index (χ1n) is 14.5. The van der Waals surface area contributed by atoms with E-state index in [9.17, 15) is 0 Å². The first-order chi connectivity index (χ1) is 17.8. The van der Waals surface area contributed by atoms with E-state index in [-0.39, 0.29) is 0 Å². The molecule has 0 aliphatic rings. The molecule has 201 valence electrons. The van der Waals surface area contributed by atoms with Gasteiger partial charge in [-0.15, -0.1) is 0 Å². The van der Waals surface area contributed by atoms with Crippen molar-refractivity contribution in [2.75, 3.05) is 13.2 Å². The third-order valence-corrected chi connectivity index (χ3v) is 6.28. The quantitative estimate of drug-likeness (QED) is 0.145. The Morgan fingerprint density at radius 3 is 2.17 bits per heavy atom. The summed E-state index contributed by atoms with van der Waals surface area (Å²) in [5, 5.41) is 0. The van der Waals surface area contributed by atoms with Crippen LogP contribution < -0.4 is 9.47 Å². The summed E-state index contributed by atoms with van der Waals surface area (Å²) >= 11 is 0. The smallest absolute Gasteiger partial charge is 0.235 e. The van der Waals surface area contributed by atoms with Crippen LogP contribution in [0, 0.1) is 6.42 Å². The predicted octanol–water partition coefficient (Wildman–Crippen LogP) is 7.90. The van der Waals surface area contributed by atoms with Crippen molar-refractivity contribution >= 4 is 0 Å². The third-order valence-electron chi connectivity index (χ3n) is 6.28. The zero-order valence-electron chi connectivity index (χ0n) is 22.9. The molecule has 2 aromatic rings. The second-order valence-electron chi connectivity index (χ2n) is 9.57. The molecule has 0 unspecified atom stereocenters. The fourth-order valence-corrected chi connectivity index (χ4v) is 4.10. The molecule has 0 saturated carbocycles.